The molecule has 3 amide bonds. The van der Waals surface area contributed by atoms with E-state index in [4.69, 9.17) is 9.72 Å². The van der Waals surface area contributed by atoms with Gasteiger partial charge in [-0.2, -0.15) is 0 Å². The Morgan fingerprint density at radius 1 is 1.24 bits per heavy atom. The zero-order chi connectivity index (χ0) is 20.6. The lowest BCUT2D eigenvalue weighted by Gasteiger charge is -2.43. The van der Waals surface area contributed by atoms with Gasteiger partial charge < -0.3 is 19.9 Å². The summed E-state index contributed by atoms with van der Waals surface area (Å²) < 4.78 is 5.59. The number of likely N-dealkylation sites (tertiary alicyclic amines) is 2. The summed E-state index contributed by atoms with van der Waals surface area (Å²) in [5, 5.41) is 6.37. The van der Waals surface area contributed by atoms with E-state index < -0.39 is 0 Å². The van der Waals surface area contributed by atoms with Gasteiger partial charge in [-0.1, -0.05) is 20.8 Å². The van der Waals surface area contributed by atoms with Gasteiger partial charge in [0.1, 0.15) is 6.61 Å². The number of urea groups is 1. The smallest absolute Gasteiger partial charge is 0.320 e. The van der Waals surface area contributed by atoms with Crippen molar-refractivity contribution in [3.8, 4) is 0 Å². The topological polar surface area (TPSA) is 74.8 Å². The van der Waals surface area contributed by atoms with Crippen molar-refractivity contribution in [3.05, 3.63) is 16.1 Å². The van der Waals surface area contributed by atoms with Gasteiger partial charge in [-0.25, -0.2) is 9.78 Å². The minimum Gasteiger partial charge on any atom is -0.366 e. The van der Waals surface area contributed by atoms with Crippen molar-refractivity contribution >= 4 is 23.3 Å². The molecule has 3 aliphatic rings. The van der Waals surface area contributed by atoms with Crippen LogP contribution in [0.3, 0.4) is 0 Å². The number of fused-ring (bicyclic) bond motifs is 1. The van der Waals surface area contributed by atoms with Crippen LogP contribution in [0.2, 0.25) is 0 Å². The van der Waals surface area contributed by atoms with E-state index in [2.05, 4.69) is 31.5 Å². The Balaban J connectivity index is 1.26. The maximum atomic E-state index is 13.0. The van der Waals surface area contributed by atoms with Crippen LogP contribution in [0.4, 0.5) is 4.79 Å². The fourth-order valence-electron chi connectivity index (χ4n) is 4.40. The first kappa shape index (κ1) is 20.6. The molecule has 2 atom stereocenters. The molecular formula is C21H32N4O3S. The van der Waals surface area contributed by atoms with Crippen LogP contribution in [0.25, 0.3) is 0 Å². The number of amides is 3. The van der Waals surface area contributed by atoms with E-state index in [0.717, 1.165) is 38.8 Å². The van der Waals surface area contributed by atoms with Crippen LogP contribution >= 0.6 is 11.3 Å². The summed E-state index contributed by atoms with van der Waals surface area (Å²) in [6.07, 6.45) is 3.89. The number of thiazole rings is 1. The normalized spacial score (nSPS) is 26.2. The molecule has 4 heterocycles. The molecule has 0 aliphatic carbocycles. The molecule has 3 fully saturated rings. The van der Waals surface area contributed by atoms with E-state index >= 15 is 0 Å². The number of morpholine rings is 1. The van der Waals surface area contributed by atoms with Gasteiger partial charge in [0.25, 0.3) is 0 Å². The minimum atomic E-state index is -0.0850. The van der Waals surface area contributed by atoms with Gasteiger partial charge in [0.05, 0.1) is 22.8 Å². The summed E-state index contributed by atoms with van der Waals surface area (Å²) in [5.41, 5.74) is 1.27. The average Bonchev–Trinajstić information content (AvgIpc) is 3.16. The second-order valence-corrected chi connectivity index (χ2v) is 10.5. The van der Waals surface area contributed by atoms with E-state index in [1.807, 2.05) is 9.80 Å². The molecule has 3 aliphatic heterocycles. The standard InChI is InChI=1S/C21H32N4O3S/c1-21(2,3)17-13-29-19(23-17)10-14-4-7-24(8-5-14)20(27)25-9-6-16-15(11-25)22-18(26)12-28-16/h13-16H,4-12H2,1-3H3,(H,22,26)/t15-,16+/m0/s1. The quantitative estimate of drug-likeness (QED) is 0.797. The molecule has 7 nitrogen and oxygen atoms in total. The van der Waals surface area contributed by atoms with Gasteiger partial charge >= 0.3 is 6.03 Å². The SMILES string of the molecule is CC(C)(C)c1csc(CC2CCN(C(=O)N3CC[C@H]4OCC(=O)N[C@H]4C3)CC2)n1. The number of piperidine rings is 2. The Bertz CT molecular complexity index is 751. The molecule has 1 aromatic rings. The summed E-state index contributed by atoms with van der Waals surface area (Å²) in [6, 6.07) is 0.0272. The third-order valence-electron chi connectivity index (χ3n) is 6.26. The predicted octanol–water partition coefficient (Wildman–Crippen LogP) is 2.40. The molecule has 0 aromatic carbocycles. The highest BCUT2D eigenvalue weighted by Crippen LogP contribution is 2.28. The third kappa shape index (κ3) is 4.74. The number of nitrogens with zero attached hydrogens (tertiary/aromatic N) is 3. The summed E-state index contributed by atoms with van der Waals surface area (Å²) in [5.74, 6) is 0.507. The number of rotatable bonds is 2. The van der Waals surface area contributed by atoms with Gasteiger partial charge in [-0.15, -0.1) is 11.3 Å². The molecule has 0 bridgehead atoms. The second kappa shape index (κ2) is 8.22. The zero-order valence-electron chi connectivity index (χ0n) is 17.6. The fraction of sp³-hybridized carbons (Fsp3) is 0.762. The van der Waals surface area contributed by atoms with E-state index in [9.17, 15) is 9.59 Å². The van der Waals surface area contributed by atoms with Crippen LogP contribution < -0.4 is 5.32 Å². The third-order valence-corrected chi connectivity index (χ3v) is 7.13. The number of carbonyl (C=O) groups excluding carboxylic acids is 2. The monoisotopic (exact) mass is 420 g/mol. The number of ether oxygens (including phenoxy) is 1. The molecule has 0 radical (unpaired) electrons. The van der Waals surface area contributed by atoms with Crippen molar-refractivity contribution in [1.82, 2.24) is 20.1 Å². The maximum absolute atomic E-state index is 13.0. The van der Waals surface area contributed by atoms with Crippen LogP contribution in [0.1, 0.15) is 50.7 Å². The maximum Gasteiger partial charge on any atom is 0.320 e. The largest absolute Gasteiger partial charge is 0.366 e. The van der Waals surface area contributed by atoms with Gasteiger partial charge in [0, 0.05) is 43.4 Å². The number of hydrogen-bond donors (Lipinski definition) is 1. The van der Waals surface area contributed by atoms with Crippen molar-refractivity contribution in [2.24, 2.45) is 5.92 Å². The summed E-state index contributed by atoms with van der Waals surface area (Å²) in [7, 11) is 0. The van der Waals surface area contributed by atoms with Gasteiger partial charge in [0.2, 0.25) is 5.91 Å². The molecule has 29 heavy (non-hydrogen) atoms. The molecule has 3 saturated heterocycles. The average molecular weight is 421 g/mol. The van der Waals surface area contributed by atoms with Crippen LogP contribution in [0, 0.1) is 5.92 Å². The van der Waals surface area contributed by atoms with Crippen LogP contribution in [-0.2, 0) is 21.4 Å². The highest BCUT2D eigenvalue weighted by molar-refractivity contribution is 7.09. The molecule has 0 spiro atoms. The highest BCUT2D eigenvalue weighted by Gasteiger charge is 2.38. The molecule has 0 saturated carbocycles. The lowest BCUT2D eigenvalue weighted by Crippen LogP contribution is -2.62. The number of nitrogens with one attached hydrogen (secondary N) is 1. The Kier molecular flexibility index (Phi) is 5.84. The Labute approximate surface area is 176 Å². The first-order valence-corrected chi connectivity index (χ1v) is 11.6. The number of aromatic nitrogens is 1. The minimum absolute atomic E-state index is 0.0405. The Morgan fingerprint density at radius 2 is 1.97 bits per heavy atom. The molecular weight excluding hydrogens is 388 g/mol. The van der Waals surface area contributed by atoms with E-state index in [1.54, 1.807) is 11.3 Å². The van der Waals surface area contributed by atoms with Gasteiger partial charge in [-0.3, -0.25) is 4.79 Å². The number of carbonyl (C=O) groups is 2. The van der Waals surface area contributed by atoms with Crippen LogP contribution in [0.5, 0.6) is 0 Å². The fourth-order valence-corrected chi connectivity index (χ4v) is 5.53. The lowest BCUT2D eigenvalue weighted by atomic mass is 9.92. The van der Waals surface area contributed by atoms with E-state index in [0.29, 0.717) is 19.0 Å². The summed E-state index contributed by atoms with van der Waals surface area (Å²) in [4.78, 5) is 33.3. The molecule has 8 heteroatoms. The molecule has 0 unspecified atom stereocenters. The van der Waals surface area contributed by atoms with E-state index in [-0.39, 0.29) is 36.1 Å². The highest BCUT2D eigenvalue weighted by atomic mass is 32.1. The first-order chi connectivity index (χ1) is 13.8. The van der Waals surface area contributed by atoms with Gasteiger partial charge in [-0.05, 0) is 25.2 Å². The van der Waals surface area contributed by atoms with Crippen molar-refractivity contribution in [3.63, 3.8) is 0 Å². The molecule has 160 valence electrons. The van der Waals surface area contributed by atoms with Crippen molar-refractivity contribution in [2.45, 2.75) is 64.0 Å². The lowest BCUT2D eigenvalue weighted by molar-refractivity contribution is -0.139. The second-order valence-electron chi connectivity index (χ2n) is 9.55. The first-order valence-electron chi connectivity index (χ1n) is 10.7. The zero-order valence-corrected chi connectivity index (χ0v) is 18.5. The number of hydrogen-bond acceptors (Lipinski definition) is 5. The van der Waals surface area contributed by atoms with Gasteiger partial charge in [0.15, 0.2) is 0 Å². The summed E-state index contributed by atoms with van der Waals surface area (Å²) in [6.45, 7) is 9.58. The Morgan fingerprint density at radius 3 is 2.66 bits per heavy atom. The molecule has 1 N–H and O–H groups in total. The van der Waals surface area contributed by atoms with E-state index in [1.165, 1.54) is 10.7 Å². The predicted molar refractivity (Wildman–Crippen MR) is 112 cm³/mol. The van der Waals surface area contributed by atoms with Crippen molar-refractivity contribution in [1.29, 1.82) is 0 Å². The Hall–Kier alpha value is -1.67. The molecule has 4 rings (SSSR count). The van der Waals surface area contributed by atoms with Crippen LogP contribution in [-0.4, -0.2) is 71.7 Å². The summed E-state index contributed by atoms with van der Waals surface area (Å²) >= 11 is 1.76. The van der Waals surface area contributed by atoms with Crippen molar-refractivity contribution < 1.29 is 14.3 Å². The molecule has 1 aromatic heterocycles. The van der Waals surface area contributed by atoms with Crippen molar-refractivity contribution in [2.75, 3.05) is 32.8 Å². The van der Waals surface area contributed by atoms with Crippen LogP contribution in [0.15, 0.2) is 5.38 Å².